The molecule has 0 aliphatic heterocycles. The molecule has 0 spiro atoms. The maximum Gasteiger partial charge on any atom is 0.193 e. The maximum atomic E-state index is 11.4. The van der Waals surface area contributed by atoms with Crippen molar-refractivity contribution in [2.45, 2.75) is 45.3 Å². The fraction of sp³-hybridized carbons (Fsp3) is 0.400. The Morgan fingerprint density at radius 1 is 1.17 bits per heavy atom. The maximum absolute atomic E-state index is 11.4. The average Bonchev–Trinajstić information content (AvgIpc) is 2.49. The van der Waals surface area contributed by atoms with Crippen LogP contribution in [0, 0.1) is 5.92 Å². The minimum atomic E-state index is -1.28. The molecule has 24 heavy (non-hydrogen) atoms. The van der Waals surface area contributed by atoms with Gasteiger partial charge in [-0.25, -0.2) is 0 Å². The highest BCUT2D eigenvalue weighted by Gasteiger charge is 2.29. The summed E-state index contributed by atoms with van der Waals surface area (Å²) >= 11 is 0. The molecule has 2 atom stereocenters. The third-order valence-corrected chi connectivity index (χ3v) is 3.74. The second kappa shape index (κ2) is 8.18. The number of allylic oxidation sites excluding steroid dienone is 2. The fourth-order valence-corrected chi connectivity index (χ4v) is 2.29. The Labute approximate surface area is 143 Å². The topological polar surface area (TPSA) is 74.6 Å². The highest BCUT2D eigenvalue weighted by molar-refractivity contribution is 6.01. The summed E-state index contributed by atoms with van der Waals surface area (Å²) in [4.78, 5) is 22.2. The Kier molecular flexibility index (Phi) is 6.81. The van der Waals surface area contributed by atoms with Crippen LogP contribution in [0.2, 0.25) is 0 Å². The van der Waals surface area contributed by atoms with Crippen LogP contribution in [0.1, 0.15) is 44.5 Å². The van der Waals surface area contributed by atoms with E-state index in [-0.39, 0.29) is 17.5 Å². The smallest absolute Gasteiger partial charge is 0.193 e. The van der Waals surface area contributed by atoms with E-state index in [1.54, 1.807) is 50.3 Å². The molecule has 2 rings (SSSR count). The quantitative estimate of drug-likeness (QED) is 0.832. The van der Waals surface area contributed by atoms with Gasteiger partial charge in [-0.15, -0.1) is 0 Å². The lowest BCUT2D eigenvalue weighted by Crippen LogP contribution is -2.33. The van der Waals surface area contributed by atoms with E-state index in [4.69, 9.17) is 0 Å². The summed E-state index contributed by atoms with van der Waals surface area (Å²) in [5.41, 5.74) is -1.59. The Morgan fingerprint density at radius 2 is 1.75 bits per heavy atom. The molecule has 1 aliphatic rings. The lowest BCUT2D eigenvalue weighted by Gasteiger charge is -2.29. The van der Waals surface area contributed by atoms with Gasteiger partial charge in [0, 0.05) is 17.9 Å². The molecule has 0 aromatic heterocycles. The molecule has 0 fully saturated rings. The highest BCUT2D eigenvalue weighted by Crippen LogP contribution is 2.26. The zero-order valence-corrected chi connectivity index (χ0v) is 14.7. The molecule has 0 amide bonds. The second-order valence-electron chi connectivity index (χ2n) is 6.74. The molecular formula is C20H26O4. The van der Waals surface area contributed by atoms with E-state index >= 15 is 0 Å². The molecular weight excluding hydrogens is 304 g/mol. The van der Waals surface area contributed by atoms with E-state index in [9.17, 15) is 19.8 Å². The van der Waals surface area contributed by atoms with Crippen LogP contribution >= 0.6 is 0 Å². The van der Waals surface area contributed by atoms with E-state index in [1.165, 1.54) is 13.8 Å². The van der Waals surface area contributed by atoms with E-state index < -0.39 is 11.2 Å². The number of ketones is 2. The molecule has 4 heteroatoms. The summed E-state index contributed by atoms with van der Waals surface area (Å²) in [5, 5.41) is 19.2. The molecule has 0 saturated heterocycles. The minimum Gasteiger partial charge on any atom is -0.385 e. The van der Waals surface area contributed by atoms with Crippen LogP contribution in [0.3, 0.4) is 0 Å². The normalized spacial score (nSPS) is 22.5. The molecule has 2 unspecified atom stereocenters. The van der Waals surface area contributed by atoms with Crippen molar-refractivity contribution in [3.8, 4) is 0 Å². The van der Waals surface area contributed by atoms with Crippen molar-refractivity contribution in [1.29, 1.82) is 0 Å². The number of aliphatic hydroxyl groups is 2. The van der Waals surface area contributed by atoms with Crippen LogP contribution in [-0.4, -0.2) is 33.0 Å². The van der Waals surface area contributed by atoms with Crippen LogP contribution in [0.4, 0.5) is 0 Å². The van der Waals surface area contributed by atoms with Gasteiger partial charge in [0.1, 0.15) is 11.4 Å². The summed E-state index contributed by atoms with van der Waals surface area (Å²) < 4.78 is 0. The summed E-state index contributed by atoms with van der Waals surface area (Å²) in [6.07, 6.45) is 7.68. The SMILES string of the molecule is CC(=O)CC1C=CC=CC1(C)O.CC(C)(O)C(=O)c1ccccc1. The van der Waals surface area contributed by atoms with E-state index in [0.29, 0.717) is 12.0 Å². The summed E-state index contributed by atoms with van der Waals surface area (Å²) in [5.74, 6) is -0.205. The standard InChI is InChI=1S/C10H14O2.C10H12O2/c1-8(11)7-9-5-3-4-6-10(9,2)12;1-10(2,12)9(11)8-6-4-3-5-7-8/h3-6,9,12H,7H2,1-2H3;3-7,12H,1-2H3. The van der Waals surface area contributed by atoms with Crippen LogP contribution in [-0.2, 0) is 4.79 Å². The first-order valence-electron chi connectivity index (χ1n) is 7.94. The molecule has 2 N–H and O–H groups in total. The van der Waals surface area contributed by atoms with Crippen molar-refractivity contribution in [3.05, 3.63) is 60.2 Å². The summed E-state index contributed by atoms with van der Waals surface area (Å²) in [6.45, 7) is 6.24. The van der Waals surface area contributed by atoms with E-state index in [2.05, 4.69) is 0 Å². The van der Waals surface area contributed by atoms with Crippen LogP contribution in [0.25, 0.3) is 0 Å². The molecule has 0 saturated carbocycles. The van der Waals surface area contributed by atoms with E-state index in [0.717, 1.165) is 0 Å². The van der Waals surface area contributed by atoms with Crippen LogP contribution in [0.15, 0.2) is 54.6 Å². The first-order valence-corrected chi connectivity index (χ1v) is 7.94. The van der Waals surface area contributed by atoms with Gasteiger partial charge in [-0.05, 0) is 27.7 Å². The van der Waals surface area contributed by atoms with Gasteiger partial charge >= 0.3 is 0 Å². The van der Waals surface area contributed by atoms with Crippen molar-refractivity contribution in [2.24, 2.45) is 5.92 Å². The third kappa shape index (κ3) is 6.22. The number of hydrogen-bond acceptors (Lipinski definition) is 4. The van der Waals surface area contributed by atoms with Gasteiger partial charge in [-0.1, -0.05) is 54.6 Å². The fourth-order valence-electron chi connectivity index (χ4n) is 2.29. The molecule has 1 aromatic carbocycles. The summed E-state index contributed by atoms with van der Waals surface area (Å²) in [7, 11) is 0. The Balaban J connectivity index is 0.000000240. The monoisotopic (exact) mass is 330 g/mol. The van der Waals surface area contributed by atoms with Crippen molar-refractivity contribution >= 4 is 11.6 Å². The first-order chi connectivity index (χ1) is 11.0. The predicted molar refractivity (Wildman–Crippen MR) is 94.8 cm³/mol. The number of carbonyl (C=O) groups is 2. The van der Waals surface area contributed by atoms with Gasteiger partial charge in [0.25, 0.3) is 0 Å². The van der Waals surface area contributed by atoms with Crippen molar-refractivity contribution in [1.82, 2.24) is 0 Å². The van der Waals surface area contributed by atoms with Crippen LogP contribution < -0.4 is 0 Å². The number of hydrogen-bond donors (Lipinski definition) is 2. The molecule has 130 valence electrons. The predicted octanol–water partition coefficient (Wildman–Crippen LogP) is 3.10. The van der Waals surface area contributed by atoms with E-state index in [1.807, 2.05) is 18.2 Å². The molecule has 0 heterocycles. The van der Waals surface area contributed by atoms with Gasteiger partial charge in [0.05, 0.1) is 5.60 Å². The third-order valence-electron chi connectivity index (χ3n) is 3.74. The Hall–Kier alpha value is -2.04. The van der Waals surface area contributed by atoms with Gasteiger partial charge in [0.2, 0.25) is 0 Å². The number of carbonyl (C=O) groups excluding carboxylic acids is 2. The number of rotatable bonds is 4. The van der Waals surface area contributed by atoms with Gasteiger partial charge in [0.15, 0.2) is 5.78 Å². The van der Waals surface area contributed by atoms with Crippen molar-refractivity contribution < 1.29 is 19.8 Å². The zero-order valence-electron chi connectivity index (χ0n) is 14.7. The lowest BCUT2D eigenvalue weighted by atomic mass is 9.82. The largest absolute Gasteiger partial charge is 0.385 e. The number of benzene rings is 1. The minimum absolute atomic E-state index is 0.0694. The van der Waals surface area contributed by atoms with Gasteiger partial charge in [-0.3, -0.25) is 4.79 Å². The Bertz CT molecular complexity index is 619. The second-order valence-corrected chi connectivity index (χ2v) is 6.74. The molecule has 4 nitrogen and oxygen atoms in total. The average molecular weight is 330 g/mol. The molecule has 1 aromatic rings. The van der Waals surface area contributed by atoms with Crippen molar-refractivity contribution in [3.63, 3.8) is 0 Å². The molecule has 0 bridgehead atoms. The number of Topliss-reactive ketones (excluding diaryl/α,β-unsaturated/α-hetero) is 2. The highest BCUT2D eigenvalue weighted by atomic mass is 16.3. The van der Waals surface area contributed by atoms with Crippen LogP contribution in [0.5, 0.6) is 0 Å². The molecule has 1 aliphatic carbocycles. The molecule has 0 radical (unpaired) electrons. The first kappa shape index (κ1) is 20.0. The van der Waals surface area contributed by atoms with Crippen molar-refractivity contribution in [2.75, 3.05) is 0 Å². The van der Waals surface area contributed by atoms with Gasteiger partial charge in [-0.2, -0.15) is 0 Å². The summed E-state index contributed by atoms with van der Waals surface area (Å²) in [6, 6.07) is 8.78. The zero-order chi connectivity index (χ0) is 18.4. The lowest BCUT2D eigenvalue weighted by molar-refractivity contribution is -0.118. The van der Waals surface area contributed by atoms with Gasteiger partial charge < -0.3 is 15.0 Å². The Morgan fingerprint density at radius 3 is 2.21 bits per heavy atom.